The number of carbonyl (C=O) groups excluding carboxylic acids is 1. The third-order valence-corrected chi connectivity index (χ3v) is 8.74. The quantitative estimate of drug-likeness (QED) is 0.817. The van der Waals surface area contributed by atoms with Gasteiger partial charge in [-0.1, -0.05) is 50.2 Å². The van der Waals surface area contributed by atoms with E-state index < -0.39 is 0 Å². The zero-order valence-corrected chi connectivity index (χ0v) is 19.1. The zero-order valence-electron chi connectivity index (χ0n) is 19.1. The lowest BCUT2D eigenvalue weighted by Gasteiger charge is -2.55. The Morgan fingerprint density at radius 3 is 2.65 bits per heavy atom. The highest BCUT2D eigenvalue weighted by molar-refractivity contribution is 5.91. The summed E-state index contributed by atoms with van der Waals surface area (Å²) in [7, 11) is 3.76. The molecule has 2 aromatic carbocycles. The second kappa shape index (κ2) is 7.09. The molecule has 2 fully saturated rings. The summed E-state index contributed by atoms with van der Waals surface area (Å²) in [5.41, 5.74) is 3.62. The van der Waals surface area contributed by atoms with Crippen LogP contribution in [0.4, 0.5) is 0 Å². The van der Waals surface area contributed by atoms with Gasteiger partial charge in [-0.2, -0.15) is 0 Å². The van der Waals surface area contributed by atoms with Gasteiger partial charge in [0, 0.05) is 26.7 Å². The molecular weight excluding hydrogens is 384 g/mol. The summed E-state index contributed by atoms with van der Waals surface area (Å²) in [6.07, 6.45) is 3.06. The van der Waals surface area contributed by atoms with Crippen molar-refractivity contribution in [2.75, 3.05) is 27.2 Å². The van der Waals surface area contributed by atoms with E-state index in [2.05, 4.69) is 49.1 Å². The van der Waals surface area contributed by atoms with Crippen molar-refractivity contribution in [2.45, 2.75) is 50.0 Å². The summed E-state index contributed by atoms with van der Waals surface area (Å²) in [6, 6.07) is 16.8. The van der Waals surface area contributed by atoms with Gasteiger partial charge in [0.1, 0.15) is 5.75 Å². The molecule has 1 aliphatic heterocycles. The minimum atomic E-state index is -0.368. The Bertz CT molecular complexity index is 1000. The zero-order chi connectivity index (χ0) is 22.0. The van der Waals surface area contributed by atoms with Crippen LogP contribution in [0.5, 0.6) is 5.75 Å². The number of fused-ring (bicyclic) bond motifs is 4. The van der Waals surface area contributed by atoms with Crippen LogP contribution in [0.25, 0.3) is 0 Å². The lowest BCUT2D eigenvalue weighted by molar-refractivity contribution is -0.132. The molecule has 1 saturated heterocycles. The molecule has 1 heterocycles. The third-order valence-electron chi connectivity index (χ3n) is 8.74. The number of benzene rings is 2. The molecule has 5 rings (SSSR count). The minimum absolute atomic E-state index is 0.104. The molecule has 2 bridgehead atoms. The van der Waals surface area contributed by atoms with Crippen LogP contribution in [0, 0.1) is 11.8 Å². The Balaban J connectivity index is 1.42. The molecule has 0 aromatic heterocycles. The Labute approximate surface area is 185 Å². The molecule has 4 nitrogen and oxygen atoms in total. The maximum atomic E-state index is 13.3. The molecule has 2 aromatic rings. The van der Waals surface area contributed by atoms with Crippen molar-refractivity contribution in [1.29, 1.82) is 0 Å². The largest absolute Gasteiger partial charge is 0.508 e. The molecule has 1 saturated carbocycles. The average Bonchev–Trinajstić information content (AvgIpc) is 3.48. The highest BCUT2D eigenvalue weighted by Gasteiger charge is 2.62. The van der Waals surface area contributed by atoms with E-state index in [-0.39, 0.29) is 16.7 Å². The van der Waals surface area contributed by atoms with E-state index in [4.69, 9.17) is 0 Å². The van der Waals surface area contributed by atoms with Crippen LogP contribution in [0.15, 0.2) is 48.5 Å². The number of aromatic hydroxyl groups is 1. The van der Waals surface area contributed by atoms with Crippen molar-refractivity contribution in [2.24, 2.45) is 11.8 Å². The van der Waals surface area contributed by atoms with E-state index in [1.807, 2.05) is 32.3 Å². The molecule has 1 unspecified atom stereocenters. The van der Waals surface area contributed by atoms with E-state index in [1.165, 1.54) is 11.1 Å². The number of rotatable bonds is 4. The van der Waals surface area contributed by atoms with Crippen molar-refractivity contribution < 1.29 is 9.90 Å². The smallest absolute Gasteiger partial charge is 0.233 e. The Kier molecular flexibility index (Phi) is 4.71. The van der Waals surface area contributed by atoms with Crippen LogP contribution in [-0.4, -0.2) is 54.0 Å². The van der Waals surface area contributed by atoms with E-state index >= 15 is 0 Å². The third kappa shape index (κ3) is 3.02. The van der Waals surface area contributed by atoms with Crippen molar-refractivity contribution in [1.82, 2.24) is 9.80 Å². The Morgan fingerprint density at radius 2 is 1.94 bits per heavy atom. The van der Waals surface area contributed by atoms with Crippen molar-refractivity contribution >= 4 is 5.91 Å². The fourth-order valence-corrected chi connectivity index (χ4v) is 6.63. The highest BCUT2D eigenvalue weighted by atomic mass is 16.3. The number of piperidine rings is 1. The predicted molar refractivity (Wildman–Crippen MR) is 123 cm³/mol. The van der Waals surface area contributed by atoms with Gasteiger partial charge >= 0.3 is 0 Å². The second-order valence-corrected chi connectivity index (χ2v) is 10.5. The number of amides is 1. The van der Waals surface area contributed by atoms with Crippen LogP contribution in [0.3, 0.4) is 0 Å². The van der Waals surface area contributed by atoms with Crippen molar-refractivity contribution in [3.8, 4) is 5.75 Å². The SMILES string of the molecule is C[C@H]1C2Cc3ccc(O)cc3[C@]1(C)CCN2C[C@@H]1C[C@@]1(C(=O)N(C)C)c1ccccc1. The molecule has 5 atom stereocenters. The monoisotopic (exact) mass is 418 g/mol. The van der Waals surface area contributed by atoms with E-state index in [0.29, 0.717) is 23.6 Å². The topological polar surface area (TPSA) is 43.8 Å². The summed E-state index contributed by atoms with van der Waals surface area (Å²) in [6.45, 7) is 6.79. The van der Waals surface area contributed by atoms with Crippen LogP contribution < -0.4 is 0 Å². The molecule has 2 aliphatic carbocycles. The molecule has 164 valence electrons. The van der Waals surface area contributed by atoms with Gasteiger partial charge in [0.15, 0.2) is 0 Å². The fraction of sp³-hybridized carbons (Fsp3) is 0.519. The van der Waals surface area contributed by atoms with Gasteiger partial charge in [-0.3, -0.25) is 9.69 Å². The second-order valence-electron chi connectivity index (χ2n) is 10.5. The predicted octanol–water partition coefficient (Wildman–Crippen LogP) is 3.96. The van der Waals surface area contributed by atoms with E-state index in [1.54, 1.807) is 4.90 Å². The molecule has 0 spiro atoms. The number of carbonyl (C=O) groups is 1. The van der Waals surface area contributed by atoms with E-state index in [9.17, 15) is 9.90 Å². The van der Waals surface area contributed by atoms with Crippen LogP contribution in [0.2, 0.25) is 0 Å². The molecule has 31 heavy (non-hydrogen) atoms. The molecular formula is C27H34N2O2. The highest BCUT2D eigenvalue weighted by Crippen LogP contribution is 2.57. The molecule has 4 heteroatoms. The standard InChI is InChI=1S/C27H34N2O2/c1-18-24-14-19-10-11-22(30)15-23(19)26(18,2)12-13-29(24)17-21-16-27(21,25(31)28(3)4)20-8-6-5-7-9-20/h5-11,15,18,21,24,30H,12-14,16-17H2,1-4H3/t18-,21-,24?,26+,27+/m0/s1. The molecule has 0 radical (unpaired) electrons. The first-order valence-corrected chi connectivity index (χ1v) is 11.6. The van der Waals surface area contributed by atoms with Crippen molar-refractivity contribution in [3.05, 3.63) is 65.2 Å². The lowest BCUT2D eigenvalue weighted by atomic mass is 9.59. The Morgan fingerprint density at radius 1 is 1.19 bits per heavy atom. The normalized spacial score (nSPS) is 34.1. The maximum absolute atomic E-state index is 13.3. The summed E-state index contributed by atoms with van der Waals surface area (Å²) in [5.74, 6) is 1.50. The van der Waals surface area contributed by atoms with Crippen LogP contribution >= 0.6 is 0 Å². The number of likely N-dealkylation sites (N-methyl/N-ethyl adjacent to an activating group) is 1. The van der Waals surface area contributed by atoms with Crippen LogP contribution in [-0.2, 0) is 22.0 Å². The first-order valence-electron chi connectivity index (χ1n) is 11.6. The first-order chi connectivity index (χ1) is 14.8. The number of nitrogens with zero attached hydrogens (tertiary/aromatic N) is 2. The van der Waals surface area contributed by atoms with Crippen LogP contribution in [0.1, 0.15) is 43.4 Å². The van der Waals surface area contributed by atoms with Gasteiger partial charge in [-0.15, -0.1) is 0 Å². The first kappa shape index (κ1) is 20.6. The summed E-state index contributed by atoms with van der Waals surface area (Å²) < 4.78 is 0. The molecule has 3 aliphatic rings. The summed E-state index contributed by atoms with van der Waals surface area (Å²) >= 11 is 0. The average molecular weight is 419 g/mol. The van der Waals surface area contributed by atoms with Gasteiger partial charge in [0.05, 0.1) is 5.41 Å². The van der Waals surface area contributed by atoms with Gasteiger partial charge in [-0.05, 0) is 71.9 Å². The Hall–Kier alpha value is -2.33. The number of phenolic OH excluding ortho intramolecular Hbond substituents is 1. The van der Waals surface area contributed by atoms with Gasteiger partial charge in [-0.25, -0.2) is 0 Å². The number of likely N-dealkylation sites (tertiary alicyclic amines) is 1. The minimum Gasteiger partial charge on any atom is -0.508 e. The number of phenols is 1. The fourth-order valence-electron chi connectivity index (χ4n) is 6.63. The van der Waals surface area contributed by atoms with Gasteiger partial charge < -0.3 is 10.0 Å². The van der Waals surface area contributed by atoms with E-state index in [0.717, 1.165) is 37.9 Å². The number of hydrogen-bond donors (Lipinski definition) is 1. The summed E-state index contributed by atoms with van der Waals surface area (Å²) in [5, 5.41) is 10.1. The molecule has 1 amide bonds. The van der Waals surface area contributed by atoms with Gasteiger partial charge in [0.25, 0.3) is 0 Å². The van der Waals surface area contributed by atoms with Crippen molar-refractivity contribution in [3.63, 3.8) is 0 Å². The number of hydrogen-bond acceptors (Lipinski definition) is 3. The van der Waals surface area contributed by atoms with Gasteiger partial charge in [0.2, 0.25) is 5.91 Å². The maximum Gasteiger partial charge on any atom is 0.233 e. The lowest BCUT2D eigenvalue weighted by Crippen LogP contribution is -2.58. The molecule has 1 N–H and O–H groups in total. The summed E-state index contributed by atoms with van der Waals surface area (Å²) in [4.78, 5) is 17.7.